The van der Waals surface area contributed by atoms with E-state index in [0.717, 1.165) is 24.6 Å². The predicted octanol–water partition coefficient (Wildman–Crippen LogP) is 4.20. The van der Waals surface area contributed by atoms with Gasteiger partial charge in [-0.3, -0.25) is 4.79 Å². The molecule has 0 spiro atoms. The second-order valence-corrected chi connectivity index (χ2v) is 7.26. The minimum absolute atomic E-state index is 0.0800. The molecule has 2 N–H and O–H groups in total. The van der Waals surface area contributed by atoms with Crippen LogP contribution < -0.4 is 15.5 Å². The molecule has 1 amide bonds. The van der Waals surface area contributed by atoms with Gasteiger partial charge in [0.05, 0.1) is 5.56 Å². The SMILES string of the molecule is CC(C)CNC(=O)c1ccc(Nc2ccc(N3CCCCC3)cc2)nc1. The van der Waals surface area contributed by atoms with Gasteiger partial charge < -0.3 is 15.5 Å². The van der Waals surface area contributed by atoms with E-state index in [2.05, 4.69) is 58.6 Å². The molecule has 2 aromatic rings. The first-order valence-electron chi connectivity index (χ1n) is 9.48. The van der Waals surface area contributed by atoms with Crippen molar-refractivity contribution < 1.29 is 4.79 Å². The van der Waals surface area contributed by atoms with Gasteiger partial charge in [-0.15, -0.1) is 0 Å². The molecule has 138 valence electrons. The lowest BCUT2D eigenvalue weighted by Gasteiger charge is -2.28. The lowest BCUT2D eigenvalue weighted by atomic mass is 10.1. The fraction of sp³-hybridized carbons (Fsp3) is 0.429. The number of aromatic nitrogens is 1. The number of anilines is 3. The summed E-state index contributed by atoms with van der Waals surface area (Å²) < 4.78 is 0. The Kier molecular flexibility index (Phi) is 6.10. The number of rotatable bonds is 6. The molecule has 1 aromatic carbocycles. The van der Waals surface area contributed by atoms with Gasteiger partial charge in [0.2, 0.25) is 0 Å². The lowest BCUT2D eigenvalue weighted by molar-refractivity contribution is 0.0948. The van der Waals surface area contributed by atoms with Gasteiger partial charge in [0, 0.05) is 37.2 Å². The van der Waals surface area contributed by atoms with E-state index >= 15 is 0 Å². The van der Waals surface area contributed by atoms with Gasteiger partial charge >= 0.3 is 0 Å². The Morgan fingerprint density at radius 1 is 1.08 bits per heavy atom. The summed E-state index contributed by atoms with van der Waals surface area (Å²) >= 11 is 0. The highest BCUT2D eigenvalue weighted by atomic mass is 16.1. The highest BCUT2D eigenvalue weighted by Gasteiger charge is 2.11. The van der Waals surface area contributed by atoms with E-state index in [1.165, 1.54) is 24.9 Å². The minimum Gasteiger partial charge on any atom is -0.372 e. The van der Waals surface area contributed by atoms with Crippen LogP contribution in [0.25, 0.3) is 0 Å². The summed E-state index contributed by atoms with van der Waals surface area (Å²) in [6, 6.07) is 12.1. The molecule has 0 atom stereocenters. The Labute approximate surface area is 155 Å². The van der Waals surface area contributed by atoms with E-state index in [4.69, 9.17) is 0 Å². The molecule has 5 nitrogen and oxygen atoms in total. The van der Waals surface area contributed by atoms with Crippen molar-refractivity contribution in [1.29, 1.82) is 0 Å². The largest absolute Gasteiger partial charge is 0.372 e. The molecule has 0 aliphatic carbocycles. The standard InChI is InChI=1S/C21H28N4O/c1-16(2)14-23-21(26)17-6-11-20(22-15-17)24-18-7-9-19(10-8-18)25-12-4-3-5-13-25/h6-11,15-16H,3-5,12-14H2,1-2H3,(H,22,24)(H,23,26). The van der Waals surface area contributed by atoms with Gasteiger partial charge in [-0.05, 0) is 61.6 Å². The number of amides is 1. The van der Waals surface area contributed by atoms with Crippen LogP contribution in [-0.4, -0.2) is 30.5 Å². The first-order chi connectivity index (χ1) is 12.6. The third kappa shape index (κ3) is 4.97. The molecule has 1 fully saturated rings. The molecule has 3 rings (SSSR count). The minimum atomic E-state index is -0.0800. The van der Waals surface area contributed by atoms with Crippen LogP contribution >= 0.6 is 0 Å². The summed E-state index contributed by atoms with van der Waals surface area (Å²) in [6.45, 7) is 7.11. The molecule has 26 heavy (non-hydrogen) atoms. The Morgan fingerprint density at radius 2 is 1.81 bits per heavy atom. The predicted molar refractivity (Wildman–Crippen MR) is 107 cm³/mol. The summed E-state index contributed by atoms with van der Waals surface area (Å²) in [7, 11) is 0. The quantitative estimate of drug-likeness (QED) is 0.818. The van der Waals surface area contributed by atoms with Crippen LogP contribution in [0.3, 0.4) is 0 Å². The van der Waals surface area contributed by atoms with Crippen LogP contribution in [-0.2, 0) is 0 Å². The van der Waals surface area contributed by atoms with Crippen molar-refractivity contribution in [2.24, 2.45) is 5.92 Å². The third-order valence-corrected chi connectivity index (χ3v) is 4.56. The maximum absolute atomic E-state index is 12.0. The number of nitrogens with zero attached hydrogens (tertiary/aromatic N) is 2. The van der Waals surface area contributed by atoms with Crippen molar-refractivity contribution in [2.75, 3.05) is 29.9 Å². The monoisotopic (exact) mass is 352 g/mol. The van der Waals surface area contributed by atoms with Crippen LogP contribution in [0.5, 0.6) is 0 Å². The van der Waals surface area contributed by atoms with Crippen LogP contribution in [0.4, 0.5) is 17.2 Å². The number of hydrogen-bond acceptors (Lipinski definition) is 4. The fourth-order valence-corrected chi connectivity index (χ4v) is 3.06. The van der Waals surface area contributed by atoms with Gasteiger partial charge in [-0.1, -0.05) is 13.8 Å². The zero-order valence-electron chi connectivity index (χ0n) is 15.7. The lowest BCUT2D eigenvalue weighted by Crippen LogP contribution is -2.29. The number of hydrogen-bond donors (Lipinski definition) is 2. The van der Waals surface area contributed by atoms with E-state index in [0.29, 0.717) is 18.0 Å². The van der Waals surface area contributed by atoms with Crippen molar-refractivity contribution in [1.82, 2.24) is 10.3 Å². The molecule has 0 saturated carbocycles. The second kappa shape index (κ2) is 8.70. The van der Waals surface area contributed by atoms with E-state index in [1.54, 1.807) is 12.3 Å². The molecule has 1 aliphatic rings. The zero-order chi connectivity index (χ0) is 18.4. The molecule has 0 bridgehead atoms. The van der Waals surface area contributed by atoms with Crippen molar-refractivity contribution in [3.05, 3.63) is 48.2 Å². The first-order valence-corrected chi connectivity index (χ1v) is 9.48. The van der Waals surface area contributed by atoms with Crippen molar-refractivity contribution in [3.63, 3.8) is 0 Å². The highest BCUT2D eigenvalue weighted by Crippen LogP contribution is 2.23. The number of benzene rings is 1. The van der Waals surface area contributed by atoms with Crippen LogP contribution in [0, 0.1) is 5.92 Å². The molecular formula is C21H28N4O. The Balaban J connectivity index is 1.57. The molecule has 1 saturated heterocycles. The maximum Gasteiger partial charge on any atom is 0.252 e. The van der Waals surface area contributed by atoms with Crippen molar-refractivity contribution in [2.45, 2.75) is 33.1 Å². The topological polar surface area (TPSA) is 57.3 Å². The van der Waals surface area contributed by atoms with Gasteiger partial charge in [-0.2, -0.15) is 0 Å². The fourth-order valence-electron chi connectivity index (χ4n) is 3.06. The Hall–Kier alpha value is -2.56. The maximum atomic E-state index is 12.0. The highest BCUT2D eigenvalue weighted by molar-refractivity contribution is 5.94. The van der Waals surface area contributed by atoms with Crippen molar-refractivity contribution >= 4 is 23.1 Å². The van der Waals surface area contributed by atoms with Gasteiger partial charge in [-0.25, -0.2) is 4.98 Å². The summed E-state index contributed by atoms with van der Waals surface area (Å²) in [5, 5.41) is 6.19. The van der Waals surface area contributed by atoms with E-state index in [9.17, 15) is 4.79 Å². The smallest absolute Gasteiger partial charge is 0.252 e. The number of carbonyl (C=O) groups is 1. The van der Waals surface area contributed by atoms with Crippen molar-refractivity contribution in [3.8, 4) is 0 Å². The number of nitrogens with one attached hydrogen (secondary N) is 2. The van der Waals surface area contributed by atoms with Crippen LogP contribution in [0.15, 0.2) is 42.6 Å². The average Bonchev–Trinajstić information content (AvgIpc) is 2.68. The van der Waals surface area contributed by atoms with E-state index < -0.39 is 0 Å². The molecule has 0 radical (unpaired) electrons. The Bertz CT molecular complexity index is 704. The second-order valence-electron chi connectivity index (χ2n) is 7.26. The molecule has 1 aromatic heterocycles. The molecule has 1 aliphatic heterocycles. The van der Waals surface area contributed by atoms with Gasteiger partial charge in [0.25, 0.3) is 5.91 Å². The van der Waals surface area contributed by atoms with E-state index in [1.807, 2.05) is 6.07 Å². The third-order valence-electron chi connectivity index (χ3n) is 4.56. The number of piperidine rings is 1. The zero-order valence-corrected chi connectivity index (χ0v) is 15.7. The van der Waals surface area contributed by atoms with E-state index in [-0.39, 0.29) is 5.91 Å². The summed E-state index contributed by atoms with van der Waals surface area (Å²) in [5.41, 5.74) is 2.85. The Morgan fingerprint density at radius 3 is 2.42 bits per heavy atom. The van der Waals surface area contributed by atoms with Crippen LogP contribution in [0.2, 0.25) is 0 Å². The van der Waals surface area contributed by atoms with Crippen LogP contribution in [0.1, 0.15) is 43.5 Å². The average molecular weight is 352 g/mol. The first kappa shape index (κ1) is 18.2. The van der Waals surface area contributed by atoms with Gasteiger partial charge in [0.1, 0.15) is 5.82 Å². The molecular weight excluding hydrogens is 324 g/mol. The van der Waals surface area contributed by atoms with Gasteiger partial charge in [0.15, 0.2) is 0 Å². The summed E-state index contributed by atoms with van der Waals surface area (Å²) in [6.07, 6.45) is 5.51. The molecule has 0 unspecified atom stereocenters. The number of carbonyl (C=O) groups excluding carboxylic acids is 1. The summed E-state index contributed by atoms with van der Waals surface area (Å²) in [5.74, 6) is 1.08. The summed E-state index contributed by atoms with van der Waals surface area (Å²) in [4.78, 5) is 18.8. The molecule has 5 heteroatoms. The number of pyridine rings is 1. The normalized spacial score (nSPS) is 14.3. The molecule has 2 heterocycles.